The minimum atomic E-state index is 0.626. The lowest BCUT2D eigenvalue weighted by molar-refractivity contribution is 0.984. The summed E-state index contributed by atoms with van der Waals surface area (Å²) in [7, 11) is 0. The molecule has 0 aliphatic carbocycles. The summed E-state index contributed by atoms with van der Waals surface area (Å²) in [5.74, 6) is 1.25. The van der Waals surface area contributed by atoms with Gasteiger partial charge in [0.2, 0.25) is 0 Å². The molecule has 6 heteroatoms. The van der Waals surface area contributed by atoms with Crippen molar-refractivity contribution < 1.29 is 0 Å². The van der Waals surface area contributed by atoms with Gasteiger partial charge in [0.15, 0.2) is 11.7 Å². The molecule has 180 valence electrons. The molecular formula is C32H22N6. The molecule has 2 heterocycles. The van der Waals surface area contributed by atoms with Crippen LogP contribution >= 0.6 is 0 Å². The highest BCUT2D eigenvalue weighted by Gasteiger charge is 2.25. The van der Waals surface area contributed by atoms with Crippen LogP contribution in [0.15, 0.2) is 154 Å². The molecule has 0 atom stereocenters. The van der Waals surface area contributed by atoms with E-state index in [0.717, 1.165) is 44.6 Å². The zero-order valence-electron chi connectivity index (χ0n) is 20.4. The number of hydrazone groups is 2. The Hall–Kier alpha value is -5.36. The number of fused-ring (bicyclic) bond motifs is 3. The van der Waals surface area contributed by atoms with Gasteiger partial charge < -0.3 is 0 Å². The van der Waals surface area contributed by atoms with E-state index in [9.17, 15) is 0 Å². The Kier molecular flexibility index (Phi) is 5.33. The van der Waals surface area contributed by atoms with Gasteiger partial charge in [-0.1, -0.05) is 97.1 Å². The molecule has 0 amide bonds. The van der Waals surface area contributed by atoms with Crippen molar-refractivity contribution in [1.82, 2.24) is 0 Å². The Morgan fingerprint density at radius 1 is 0.368 bits per heavy atom. The third kappa shape index (κ3) is 3.85. The summed E-state index contributed by atoms with van der Waals surface area (Å²) in [6, 6.07) is 44.4. The largest absolute Gasteiger partial charge is 0.229 e. The highest BCUT2D eigenvalue weighted by atomic mass is 15.5. The van der Waals surface area contributed by atoms with Crippen molar-refractivity contribution in [3.63, 3.8) is 0 Å². The smallest absolute Gasteiger partial charge is 0.180 e. The third-order valence-electron chi connectivity index (χ3n) is 6.46. The molecule has 0 saturated heterocycles. The number of nitrogens with zero attached hydrogens (tertiary/aromatic N) is 6. The molecule has 2 aliphatic rings. The maximum atomic E-state index is 5.09. The summed E-state index contributed by atoms with van der Waals surface area (Å²) < 4.78 is 0. The first kappa shape index (κ1) is 21.9. The summed E-state index contributed by atoms with van der Waals surface area (Å²) in [6.45, 7) is 0. The Bertz CT molecular complexity index is 1660. The predicted octanol–water partition coefficient (Wildman–Crippen LogP) is 5.95. The quantitative estimate of drug-likeness (QED) is 0.312. The Labute approximate surface area is 219 Å². The number of rotatable bonds is 4. The molecule has 0 aromatic heterocycles. The van der Waals surface area contributed by atoms with Gasteiger partial charge >= 0.3 is 0 Å². The van der Waals surface area contributed by atoms with Crippen LogP contribution in [0.4, 0.5) is 22.7 Å². The van der Waals surface area contributed by atoms with Crippen LogP contribution in [0.1, 0.15) is 11.1 Å². The molecule has 0 fully saturated rings. The Morgan fingerprint density at radius 2 is 0.711 bits per heavy atom. The topological polar surface area (TPSA) is 55.9 Å². The lowest BCUT2D eigenvalue weighted by Crippen LogP contribution is -2.41. The highest BCUT2D eigenvalue weighted by Crippen LogP contribution is 2.30. The van der Waals surface area contributed by atoms with E-state index in [2.05, 4.69) is 0 Å². The first-order valence-corrected chi connectivity index (χ1v) is 12.4. The Balaban J connectivity index is 1.52. The van der Waals surface area contributed by atoms with Gasteiger partial charge in [-0.05, 0) is 36.4 Å². The first-order valence-electron chi connectivity index (χ1n) is 12.4. The van der Waals surface area contributed by atoms with Crippen LogP contribution in [-0.2, 0) is 0 Å². The summed E-state index contributed by atoms with van der Waals surface area (Å²) in [6.07, 6.45) is 0. The highest BCUT2D eigenvalue weighted by molar-refractivity contribution is 6.03. The molecule has 5 aromatic rings. The fourth-order valence-electron chi connectivity index (χ4n) is 4.63. The summed E-state index contributed by atoms with van der Waals surface area (Å²) in [4.78, 5) is 10.2. The average Bonchev–Trinajstić information content (AvgIpc) is 3.01. The standard InChI is InChI=1S/C32H22N6/c1-5-13-23(14-6-1)31-33-29-27(37(35-31)25-17-9-3-10-18-25)21-22-28-30(29)34-32(24-15-7-2-8-16-24)36-38(28)26-19-11-4-12-20-26/h1-22H. The first-order chi connectivity index (χ1) is 18.8. The van der Waals surface area contributed by atoms with Gasteiger partial charge in [0, 0.05) is 11.1 Å². The van der Waals surface area contributed by atoms with Crippen molar-refractivity contribution in [2.45, 2.75) is 0 Å². The van der Waals surface area contributed by atoms with Gasteiger partial charge in [-0.3, -0.25) is 0 Å². The second kappa shape index (κ2) is 9.26. The van der Waals surface area contributed by atoms with E-state index >= 15 is 0 Å². The van der Waals surface area contributed by atoms with Gasteiger partial charge in [0.1, 0.15) is 10.7 Å². The van der Waals surface area contributed by atoms with Crippen molar-refractivity contribution in [3.05, 3.63) is 155 Å². The van der Waals surface area contributed by atoms with Crippen molar-refractivity contribution in [2.75, 3.05) is 10.0 Å². The molecule has 0 bridgehead atoms. The fraction of sp³-hybridized carbons (Fsp3) is 0. The zero-order valence-corrected chi connectivity index (χ0v) is 20.4. The van der Waals surface area contributed by atoms with Gasteiger partial charge in [-0.2, -0.15) is 0 Å². The number of hydrogen-bond acceptors (Lipinski definition) is 6. The molecule has 2 aliphatic heterocycles. The van der Waals surface area contributed by atoms with Crippen molar-refractivity contribution in [2.24, 2.45) is 20.2 Å². The summed E-state index contributed by atoms with van der Waals surface area (Å²) >= 11 is 0. The number of benzene rings is 5. The van der Waals surface area contributed by atoms with Gasteiger partial charge in [-0.25, -0.2) is 20.0 Å². The molecular weight excluding hydrogens is 468 g/mol. The lowest BCUT2D eigenvalue weighted by atomic mass is 10.1. The molecule has 6 nitrogen and oxygen atoms in total. The molecule has 0 saturated carbocycles. The van der Waals surface area contributed by atoms with E-state index in [1.807, 2.05) is 143 Å². The van der Waals surface area contributed by atoms with Crippen molar-refractivity contribution in [3.8, 4) is 0 Å². The van der Waals surface area contributed by atoms with Gasteiger partial charge in [0.05, 0.1) is 22.7 Å². The van der Waals surface area contributed by atoms with E-state index in [-0.39, 0.29) is 0 Å². The van der Waals surface area contributed by atoms with E-state index in [1.165, 1.54) is 0 Å². The minimum absolute atomic E-state index is 0.626. The maximum absolute atomic E-state index is 5.09. The zero-order chi connectivity index (χ0) is 25.3. The van der Waals surface area contributed by atoms with Crippen LogP contribution in [0.5, 0.6) is 0 Å². The molecule has 5 aromatic carbocycles. The molecule has 7 rings (SSSR count). The summed E-state index contributed by atoms with van der Waals surface area (Å²) in [5, 5.41) is 15.3. The van der Waals surface area contributed by atoms with E-state index in [1.54, 1.807) is 0 Å². The summed E-state index contributed by atoms with van der Waals surface area (Å²) in [5.41, 5.74) is 5.49. The molecule has 0 spiro atoms. The molecule has 0 N–H and O–H groups in total. The normalized spacial score (nSPS) is 13.9. The molecule has 0 unspecified atom stereocenters. The maximum Gasteiger partial charge on any atom is 0.180 e. The van der Waals surface area contributed by atoms with E-state index < -0.39 is 0 Å². The van der Waals surface area contributed by atoms with E-state index in [0.29, 0.717) is 11.7 Å². The van der Waals surface area contributed by atoms with Crippen LogP contribution < -0.4 is 20.7 Å². The van der Waals surface area contributed by atoms with Crippen LogP contribution in [-0.4, -0.2) is 11.7 Å². The predicted molar refractivity (Wildman–Crippen MR) is 152 cm³/mol. The van der Waals surface area contributed by atoms with Gasteiger partial charge in [0.25, 0.3) is 0 Å². The van der Waals surface area contributed by atoms with Crippen LogP contribution in [0.25, 0.3) is 0 Å². The van der Waals surface area contributed by atoms with Crippen molar-refractivity contribution >= 4 is 34.4 Å². The minimum Gasteiger partial charge on any atom is -0.229 e. The number of amidine groups is 2. The lowest BCUT2D eigenvalue weighted by Gasteiger charge is -2.27. The SMILES string of the molecule is c1ccc(C2=NN(c3ccccc3)c3ccc4c(c3=N2)=NC(c2ccccc2)=NN4c2ccccc2)cc1. The monoisotopic (exact) mass is 490 g/mol. The number of anilines is 4. The van der Waals surface area contributed by atoms with Crippen LogP contribution in [0.3, 0.4) is 0 Å². The Morgan fingerprint density at radius 3 is 1.08 bits per heavy atom. The fourth-order valence-corrected chi connectivity index (χ4v) is 4.63. The van der Waals surface area contributed by atoms with Crippen LogP contribution in [0, 0.1) is 0 Å². The average molecular weight is 491 g/mol. The number of para-hydroxylation sites is 2. The van der Waals surface area contributed by atoms with Gasteiger partial charge in [-0.15, -0.1) is 10.2 Å². The molecule has 38 heavy (non-hydrogen) atoms. The van der Waals surface area contributed by atoms with Crippen molar-refractivity contribution in [1.29, 1.82) is 0 Å². The molecule has 0 radical (unpaired) electrons. The van der Waals surface area contributed by atoms with Crippen LogP contribution in [0.2, 0.25) is 0 Å². The second-order valence-corrected chi connectivity index (χ2v) is 8.90. The number of hydrogen-bond donors (Lipinski definition) is 0. The third-order valence-corrected chi connectivity index (χ3v) is 6.46. The van der Waals surface area contributed by atoms with E-state index in [4.69, 9.17) is 20.2 Å². The second-order valence-electron chi connectivity index (χ2n) is 8.90.